The third kappa shape index (κ3) is 5.54. The van der Waals surface area contributed by atoms with E-state index >= 15 is 0 Å². The number of nitrogens with one attached hydrogen (secondary N) is 2. The van der Waals surface area contributed by atoms with Gasteiger partial charge >= 0.3 is 12.0 Å². The number of rotatable bonds is 5. The molecule has 2 N–H and O–H groups in total. The summed E-state index contributed by atoms with van der Waals surface area (Å²) in [6, 6.07) is 11.9. The van der Waals surface area contributed by atoms with Crippen molar-refractivity contribution in [2.24, 2.45) is 0 Å². The molecule has 3 amide bonds. The van der Waals surface area contributed by atoms with E-state index in [0.29, 0.717) is 37.6 Å². The first kappa shape index (κ1) is 21.3. The molecule has 1 saturated heterocycles. The van der Waals surface area contributed by atoms with Crippen molar-refractivity contribution < 1.29 is 23.5 Å². The van der Waals surface area contributed by atoms with Crippen LogP contribution in [-0.2, 0) is 9.53 Å². The molecule has 0 aliphatic carbocycles. The number of hydrogen-bond donors (Lipinski definition) is 2. The van der Waals surface area contributed by atoms with E-state index < -0.39 is 5.97 Å². The molecule has 2 aromatic rings. The third-order valence-corrected chi connectivity index (χ3v) is 4.73. The van der Waals surface area contributed by atoms with Crippen LogP contribution >= 0.6 is 0 Å². The lowest BCUT2D eigenvalue weighted by molar-refractivity contribution is -0.117. The van der Waals surface area contributed by atoms with Gasteiger partial charge in [-0.1, -0.05) is 12.1 Å². The summed E-state index contributed by atoms with van der Waals surface area (Å²) in [6.45, 7) is 2.12. The molecule has 1 fully saturated rings. The largest absolute Gasteiger partial charge is 0.465 e. The molecule has 9 heteroatoms. The molecule has 2 aromatic carbocycles. The van der Waals surface area contributed by atoms with Gasteiger partial charge in [0.25, 0.3) is 0 Å². The van der Waals surface area contributed by atoms with Crippen LogP contribution in [0.2, 0.25) is 0 Å². The molecule has 8 nitrogen and oxygen atoms in total. The summed E-state index contributed by atoms with van der Waals surface area (Å²) >= 11 is 0. The van der Waals surface area contributed by atoms with Crippen molar-refractivity contribution in [2.45, 2.75) is 0 Å². The van der Waals surface area contributed by atoms with Gasteiger partial charge in [-0.05, 0) is 36.4 Å². The van der Waals surface area contributed by atoms with Gasteiger partial charge in [0.05, 0.1) is 24.9 Å². The molecule has 0 spiro atoms. The maximum atomic E-state index is 12.9. The van der Waals surface area contributed by atoms with Crippen molar-refractivity contribution in [3.63, 3.8) is 0 Å². The number of amides is 3. The second kappa shape index (κ2) is 9.84. The average molecular weight is 414 g/mol. The van der Waals surface area contributed by atoms with Crippen molar-refractivity contribution >= 4 is 29.3 Å². The molecule has 0 radical (unpaired) electrons. The highest BCUT2D eigenvalue weighted by atomic mass is 19.1. The SMILES string of the molecule is COC(=O)c1ccccc1NC(=O)N1CCN(CC(=O)Nc2ccc(F)cc2)CC1. The number of piperazine rings is 1. The highest BCUT2D eigenvalue weighted by Crippen LogP contribution is 2.17. The maximum absolute atomic E-state index is 12.9. The second-order valence-corrected chi connectivity index (χ2v) is 6.79. The predicted octanol–water partition coefficient (Wildman–Crippen LogP) is 2.40. The van der Waals surface area contributed by atoms with Crippen LogP contribution in [0.3, 0.4) is 0 Å². The lowest BCUT2D eigenvalue weighted by Gasteiger charge is -2.34. The Kier molecular flexibility index (Phi) is 6.97. The summed E-state index contributed by atoms with van der Waals surface area (Å²) < 4.78 is 17.7. The standard InChI is InChI=1S/C21H23FN4O4/c1-30-20(28)17-4-2-3-5-18(17)24-21(29)26-12-10-25(11-13-26)14-19(27)23-16-8-6-15(22)7-9-16/h2-9H,10-14H2,1H3,(H,23,27)(H,24,29). The Hall–Kier alpha value is -3.46. The summed E-state index contributed by atoms with van der Waals surface area (Å²) in [4.78, 5) is 40.1. The molecule has 0 saturated carbocycles. The number of carbonyl (C=O) groups is 3. The average Bonchev–Trinajstić information content (AvgIpc) is 2.75. The molecule has 0 unspecified atom stereocenters. The van der Waals surface area contributed by atoms with Crippen molar-refractivity contribution in [1.29, 1.82) is 0 Å². The van der Waals surface area contributed by atoms with Gasteiger partial charge in [-0.2, -0.15) is 0 Å². The first-order valence-corrected chi connectivity index (χ1v) is 9.47. The van der Waals surface area contributed by atoms with E-state index in [1.54, 1.807) is 29.2 Å². The van der Waals surface area contributed by atoms with Crippen LogP contribution in [-0.4, -0.2) is 67.5 Å². The van der Waals surface area contributed by atoms with Gasteiger partial charge in [-0.15, -0.1) is 0 Å². The minimum atomic E-state index is -0.525. The number of carbonyl (C=O) groups excluding carboxylic acids is 3. The maximum Gasteiger partial charge on any atom is 0.339 e. The number of halogens is 1. The first-order valence-electron chi connectivity index (χ1n) is 9.47. The number of ether oxygens (including phenoxy) is 1. The van der Waals surface area contributed by atoms with Gasteiger partial charge in [0.2, 0.25) is 5.91 Å². The Morgan fingerprint density at radius 2 is 1.63 bits per heavy atom. The Morgan fingerprint density at radius 3 is 2.30 bits per heavy atom. The van der Waals surface area contributed by atoms with E-state index in [1.807, 2.05) is 4.90 Å². The second-order valence-electron chi connectivity index (χ2n) is 6.79. The molecule has 1 aliphatic rings. The molecule has 0 bridgehead atoms. The Balaban J connectivity index is 1.48. The smallest absolute Gasteiger partial charge is 0.339 e. The summed E-state index contributed by atoms with van der Waals surface area (Å²) in [5, 5.41) is 5.47. The molecular weight excluding hydrogens is 391 g/mol. The Labute approximate surface area is 173 Å². The van der Waals surface area contributed by atoms with Crippen LogP contribution in [0.25, 0.3) is 0 Å². The fourth-order valence-electron chi connectivity index (χ4n) is 3.12. The third-order valence-electron chi connectivity index (χ3n) is 4.73. The van der Waals surface area contributed by atoms with Gasteiger partial charge in [0.15, 0.2) is 0 Å². The van der Waals surface area contributed by atoms with Crippen LogP contribution in [0.5, 0.6) is 0 Å². The van der Waals surface area contributed by atoms with Crippen LogP contribution < -0.4 is 10.6 Å². The summed E-state index contributed by atoms with van der Waals surface area (Å²) in [5.74, 6) is -1.09. The molecule has 0 aromatic heterocycles. The number of urea groups is 1. The summed E-state index contributed by atoms with van der Waals surface area (Å²) in [7, 11) is 1.28. The van der Waals surface area contributed by atoms with Gasteiger partial charge in [0, 0.05) is 31.9 Å². The number of nitrogens with zero attached hydrogens (tertiary/aromatic N) is 2. The zero-order valence-electron chi connectivity index (χ0n) is 16.6. The molecule has 0 atom stereocenters. The predicted molar refractivity (Wildman–Crippen MR) is 110 cm³/mol. The van der Waals surface area contributed by atoms with Gasteiger partial charge in [-0.3, -0.25) is 9.69 Å². The minimum absolute atomic E-state index is 0.179. The fraction of sp³-hybridized carbons (Fsp3) is 0.286. The lowest BCUT2D eigenvalue weighted by atomic mass is 10.2. The first-order chi connectivity index (χ1) is 14.5. The van der Waals surface area contributed by atoms with Crippen LogP contribution in [0.15, 0.2) is 48.5 Å². The monoisotopic (exact) mass is 414 g/mol. The molecule has 158 valence electrons. The molecule has 30 heavy (non-hydrogen) atoms. The summed E-state index contributed by atoms with van der Waals surface area (Å²) in [6.07, 6.45) is 0. The number of anilines is 2. The van der Waals surface area contributed by atoms with E-state index in [-0.39, 0.29) is 29.9 Å². The minimum Gasteiger partial charge on any atom is -0.465 e. The zero-order valence-corrected chi connectivity index (χ0v) is 16.6. The Bertz CT molecular complexity index is 911. The molecular formula is C21H23FN4O4. The molecule has 1 heterocycles. The van der Waals surface area contributed by atoms with Crippen LogP contribution in [0.4, 0.5) is 20.6 Å². The number of para-hydroxylation sites is 1. The van der Waals surface area contributed by atoms with Gasteiger partial charge in [0.1, 0.15) is 5.82 Å². The van der Waals surface area contributed by atoms with E-state index in [4.69, 9.17) is 4.74 Å². The van der Waals surface area contributed by atoms with E-state index in [9.17, 15) is 18.8 Å². The van der Waals surface area contributed by atoms with Crippen LogP contribution in [0, 0.1) is 5.82 Å². The zero-order chi connectivity index (χ0) is 21.5. The van der Waals surface area contributed by atoms with Crippen LogP contribution in [0.1, 0.15) is 10.4 Å². The van der Waals surface area contributed by atoms with E-state index in [2.05, 4.69) is 10.6 Å². The molecule has 3 rings (SSSR count). The van der Waals surface area contributed by atoms with Gasteiger partial charge in [-0.25, -0.2) is 14.0 Å². The Morgan fingerprint density at radius 1 is 0.967 bits per heavy atom. The number of methoxy groups -OCH3 is 1. The van der Waals surface area contributed by atoms with E-state index in [0.717, 1.165) is 0 Å². The summed E-state index contributed by atoms with van der Waals surface area (Å²) in [5.41, 5.74) is 1.20. The van der Waals surface area contributed by atoms with Crippen molar-refractivity contribution in [2.75, 3.05) is 50.5 Å². The number of benzene rings is 2. The fourth-order valence-corrected chi connectivity index (χ4v) is 3.12. The van der Waals surface area contributed by atoms with Gasteiger partial charge < -0.3 is 20.3 Å². The normalized spacial score (nSPS) is 14.1. The van der Waals surface area contributed by atoms with Crippen molar-refractivity contribution in [3.05, 3.63) is 59.9 Å². The topological polar surface area (TPSA) is 91.0 Å². The highest BCUT2D eigenvalue weighted by molar-refractivity contribution is 6.00. The highest BCUT2D eigenvalue weighted by Gasteiger charge is 2.23. The van der Waals surface area contributed by atoms with E-state index in [1.165, 1.54) is 31.4 Å². The number of hydrogen-bond acceptors (Lipinski definition) is 5. The van der Waals surface area contributed by atoms with Crippen molar-refractivity contribution in [1.82, 2.24) is 9.80 Å². The molecule has 1 aliphatic heterocycles. The van der Waals surface area contributed by atoms with Crippen molar-refractivity contribution in [3.8, 4) is 0 Å². The quantitative estimate of drug-likeness (QED) is 0.734. The lowest BCUT2D eigenvalue weighted by Crippen LogP contribution is -2.51. The number of esters is 1.